The van der Waals surface area contributed by atoms with Crippen LogP contribution in [-0.2, 0) is 15.3 Å². The Balaban J connectivity index is 2.39. The molecular formula is C12H12ClNO3S2. The molecule has 0 fully saturated rings. The molecule has 102 valence electrons. The number of carbonyl (C=O) groups is 2. The zero-order valence-corrected chi connectivity index (χ0v) is 12.4. The van der Waals surface area contributed by atoms with Crippen LogP contribution >= 0.6 is 34.7 Å². The predicted octanol–water partition coefficient (Wildman–Crippen LogP) is 2.18. The summed E-state index contributed by atoms with van der Waals surface area (Å²) in [4.78, 5) is 24.6. The highest BCUT2D eigenvalue weighted by Gasteiger charge is 2.15. The lowest BCUT2D eigenvalue weighted by atomic mass is 10.4. The van der Waals surface area contributed by atoms with Crippen LogP contribution in [0.4, 0.5) is 0 Å². The minimum Gasteiger partial charge on any atom is -0.480 e. The van der Waals surface area contributed by atoms with Gasteiger partial charge in [-0.2, -0.15) is 0 Å². The molecule has 1 N–H and O–H groups in total. The van der Waals surface area contributed by atoms with Crippen LogP contribution in [0.3, 0.4) is 0 Å². The topological polar surface area (TPSA) is 57.6 Å². The Morgan fingerprint density at radius 2 is 2.26 bits per heavy atom. The maximum atomic E-state index is 11.8. The summed E-state index contributed by atoms with van der Waals surface area (Å²) in [5.74, 6) is 1.81. The van der Waals surface area contributed by atoms with Crippen LogP contribution in [0.15, 0.2) is 12.1 Å². The van der Waals surface area contributed by atoms with Gasteiger partial charge in [0, 0.05) is 10.6 Å². The van der Waals surface area contributed by atoms with Gasteiger partial charge in [-0.3, -0.25) is 9.59 Å². The molecule has 0 atom stereocenters. The number of halogens is 1. The lowest BCUT2D eigenvalue weighted by Gasteiger charge is -2.17. The summed E-state index contributed by atoms with van der Waals surface area (Å²) in [6.45, 7) is -0.356. The second-order valence-electron chi connectivity index (χ2n) is 3.55. The van der Waals surface area contributed by atoms with Crippen molar-refractivity contribution < 1.29 is 14.7 Å². The van der Waals surface area contributed by atoms with Crippen molar-refractivity contribution in [1.82, 2.24) is 4.90 Å². The van der Waals surface area contributed by atoms with Crippen LogP contribution in [0.25, 0.3) is 0 Å². The van der Waals surface area contributed by atoms with E-state index in [-0.39, 0.29) is 24.7 Å². The standard InChI is InChI=1S/C12H12ClNO3S2/c1-2-5-14(6-12(16)17)11(15)8-18-7-9-3-4-10(13)19-9/h1,3-4H,5-8H2,(H,16,17). The van der Waals surface area contributed by atoms with E-state index in [1.54, 1.807) is 6.07 Å². The van der Waals surface area contributed by atoms with Crippen molar-refractivity contribution in [3.63, 3.8) is 0 Å². The van der Waals surface area contributed by atoms with Crippen LogP contribution in [-0.4, -0.2) is 40.7 Å². The third kappa shape index (κ3) is 6.01. The molecule has 1 rings (SSSR count). The van der Waals surface area contributed by atoms with E-state index in [9.17, 15) is 9.59 Å². The van der Waals surface area contributed by atoms with Gasteiger partial charge in [-0.1, -0.05) is 17.5 Å². The Labute approximate surface area is 124 Å². The molecule has 0 bridgehead atoms. The highest BCUT2D eigenvalue weighted by molar-refractivity contribution is 7.99. The number of terminal acetylenes is 1. The van der Waals surface area contributed by atoms with E-state index in [1.807, 2.05) is 6.07 Å². The zero-order chi connectivity index (χ0) is 14.3. The van der Waals surface area contributed by atoms with Crippen molar-refractivity contribution in [2.75, 3.05) is 18.8 Å². The normalized spacial score (nSPS) is 9.89. The van der Waals surface area contributed by atoms with Crippen molar-refractivity contribution in [3.05, 3.63) is 21.3 Å². The monoisotopic (exact) mass is 317 g/mol. The number of hydrogen-bond donors (Lipinski definition) is 1. The van der Waals surface area contributed by atoms with Gasteiger partial charge in [-0.05, 0) is 12.1 Å². The quantitative estimate of drug-likeness (QED) is 0.783. The molecule has 1 aromatic rings. The molecule has 0 unspecified atom stereocenters. The molecule has 0 spiro atoms. The molecule has 1 amide bonds. The third-order valence-electron chi connectivity index (χ3n) is 2.06. The molecule has 4 nitrogen and oxygen atoms in total. The maximum Gasteiger partial charge on any atom is 0.323 e. The highest BCUT2D eigenvalue weighted by atomic mass is 35.5. The smallest absolute Gasteiger partial charge is 0.323 e. The molecule has 0 saturated heterocycles. The SMILES string of the molecule is C#CCN(CC(=O)O)C(=O)CSCc1ccc(Cl)s1. The summed E-state index contributed by atoms with van der Waals surface area (Å²) < 4.78 is 0.710. The number of thiophene rings is 1. The number of rotatable bonds is 7. The summed E-state index contributed by atoms with van der Waals surface area (Å²) in [6.07, 6.45) is 5.11. The van der Waals surface area contributed by atoms with E-state index in [0.717, 1.165) is 9.78 Å². The Hall–Kier alpha value is -1.16. The Bertz CT molecular complexity index is 495. The van der Waals surface area contributed by atoms with E-state index >= 15 is 0 Å². The van der Waals surface area contributed by atoms with Gasteiger partial charge in [0.2, 0.25) is 5.91 Å². The number of carbonyl (C=O) groups excluding carboxylic acids is 1. The van der Waals surface area contributed by atoms with E-state index in [0.29, 0.717) is 10.1 Å². The van der Waals surface area contributed by atoms with E-state index < -0.39 is 5.97 Å². The number of hydrogen-bond acceptors (Lipinski definition) is 4. The molecule has 0 aromatic carbocycles. The summed E-state index contributed by atoms with van der Waals surface area (Å²) >= 11 is 8.67. The Morgan fingerprint density at radius 3 is 2.79 bits per heavy atom. The second-order valence-corrected chi connectivity index (χ2v) is 6.33. The van der Waals surface area contributed by atoms with Gasteiger partial charge in [-0.25, -0.2) is 0 Å². The van der Waals surface area contributed by atoms with Crippen LogP contribution < -0.4 is 0 Å². The lowest BCUT2D eigenvalue weighted by Crippen LogP contribution is -2.37. The Kier molecular flexibility index (Phi) is 6.78. The van der Waals surface area contributed by atoms with E-state index in [4.69, 9.17) is 23.1 Å². The molecule has 1 aromatic heterocycles. The van der Waals surface area contributed by atoms with Crippen LogP contribution in [0.2, 0.25) is 4.34 Å². The molecular weight excluding hydrogens is 306 g/mol. The molecule has 1 heterocycles. The number of thioether (sulfide) groups is 1. The number of amides is 1. The molecule has 0 saturated carbocycles. The van der Waals surface area contributed by atoms with Crippen LogP contribution in [0, 0.1) is 12.3 Å². The Morgan fingerprint density at radius 1 is 1.53 bits per heavy atom. The number of carboxylic acids is 1. The molecule has 7 heteroatoms. The minimum atomic E-state index is -1.07. The molecule has 0 aliphatic carbocycles. The van der Waals surface area contributed by atoms with Crippen LogP contribution in [0.1, 0.15) is 4.88 Å². The largest absolute Gasteiger partial charge is 0.480 e. The first-order valence-electron chi connectivity index (χ1n) is 5.28. The average Bonchev–Trinajstić information content (AvgIpc) is 2.74. The molecule has 0 aliphatic rings. The average molecular weight is 318 g/mol. The fraction of sp³-hybridized carbons (Fsp3) is 0.333. The number of aliphatic carboxylic acids is 1. The van der Waals surface area contributed by atoms with Gasteiger partial charge in [0.25, 0.3) is 0 Å². The zero-order valence-electron chi connectivity index (χ0n) is 9.97. The van der Waals surface area contributed by atoms with Crippen LogP contribution in [0.5, 0.6) is 0 Å². The van der Waals surface area contributed by atoms with Crippen molar-refractivity contribution in [2.24, 2.45) is 0 Å². The molecule has 19 heavy (non-hydrogen) atoms. The summed E-state index contributed by atoms with van der Waals surface area (Å²) in [5.41, 5.74) is 0. The maximum absolute atomic E-state index is 11.8. The fourth-order valence-electron chi connectivity index (χ4n) is 1.27. The van der Waals surface area contributed by atoms with E-state index in [2.05, 4.69) is 5.92 Å². The number of carboxylic acid groups (broad SMARTS) is 1. The molecule has 0 radical (unpaired) electrons. The van der Waals surface area contributed by atoms with Gasteiger partial charge >= 0.3 is 5.97 Å². The van der Waals surface area contributed by atoms with Crippen molar-refractivity contribution in [1.29, 1.82) is 0 Å². The first-order chi connectivity index (χ1) is 9.02. The first-order valence-corrected chi connectivity index (χ1v) is 7.63. The number of nitrogens with zero attached hydrogens (tertiary/aromatic N) is 1. The van der Waals surface area contributed by atoms with Crippen molar-refractivity contribution >= 4 is 46.6 Å². The first kappa shape index (κ1) is 15.9. The van der Waals surface area contributed by atoms with Gasteiger partial charge in [0.1, 0.15) is 6.54 Å². The summed E-state index contributed by atoms with van der Waals surface area (Å²) in [7, 11) is 0. The third-order valence-corrected chi connectivity index (χ3v) is 4.44. The lowest BCUT2D eigenvalue weighted by molar-refractivity contribution is -0.143. The highest BCUT2D eigenvalue weighted by Crippen LogP contribution is 2.25. The van der Waals surface area contributed by atoms with Crippen molar-refractivity contribution in [3.8, 4) is 12.3 Å². The van der Waals surface area contributed by atoms with Crippen molar-refractivity contribution in [2.45, 2.75) is 5.75 Å². The van der Waals surface area contributed by atoms with E-state index in [1.165, 1.54) is 23.1 Å². The summed E-state index contributed by atoms with van der Waals surface area (Å²) in [5, 5.41) is 8.68. The fourth-order valence-corrected chi connectivity index (χ4v) is 3.39. The van der Waals surface area contributed by atoms with Gasteiger partial charge in [0.05, 0.1) is 16.6 Å². The van der Waals surface area contributed by atoms with Gasteiger partial charge in [-0.15, -0.1) is 29.5 Å². The summed E-state index contributed by atoms with van der Waals surface area (Å²) in [6, 6.07) is 3.71. The predicted molar refractivity (Wildman–Crippen MR) is 78.5 cm³/mol. The van der Waals surface area contributed by atoms with Gasteiger partial charge in [0.15, 0.2) is 0 Å². The molecule has 0 aliphatic heterocycles. The second kappa shape index (κ2) is 8.10. The minimum absolute atomic E-state index is 0.0104. The van der Waals surface area contributed by atoms with Gasteiger partial charge < -0.3 is 10.0 Å².